The third kappa shape index (κ3) is 3.62. The Morgan fingerprint density at radius 2 is 2.14 bits per heavy atom. The third-order valence-electron chi connectivity index (χ3n) is 5.11. The van der Waals surface area contributed by atoms with Crippen LogP contribution in [0.15, 0.2) is 35.2 Å². The molecule has 2 heterocycles. The minimum absolute atomic E-state index is 0.0539. The number of fused-ring (bicyclic) bond motifs is 1. The number of carbonyl (C=O) groups is 1. The van der Waals surface area contributed by atoms with Crippen molar-refractivity contribution < 1.29 is 19.0 Å². The lowest BCUT2D eigenvalue weighted by Gasteiger charge is -2.12. The predicted molar refractivity (Wildman–Crippen MR) is 110 cm³/mol. The predicted octanol–water partition coefficient (Wildman–Crippen LogP) is 3.40. The Balaban J connectivity index is 1.60. The van der Waals surface area contributed by atoms with Gasteiger partial charge in [-0.25, -0.2) is 9.97 Å². The number of rotatable bonds is 7. The lowest BCUT2D eigenvalue weighted by molar-refractivity contribution is -0.142. The first kappa shape index (κ1) is 19.5. The van der Waals surface area contributed by atoms with Crippen LogP contribution in [0.1, 0.15) is 23.7 Å². The summed E-state index contributed by atoms with van der Waals surface area (Å²) in [6.45, 7) is 0.515. The second kappa shape index (κ2) is 7.90. The van der Waals surface area contributed by atoms with Crippen molar-refractivity contribution in [2.75, 3.05) is 26.6 Å². The molecule has 29 heavy (non-hydrogen) atoms. The van der Waals surface area contributed by atoms with Crippen LogP contribution in [-0.4, -0.2) is 41.7 Å². The molecule has 2 atom stereocenters. The van der Waals surface area contributed by atoms with E-state index in [1.54, 1.807) is 20.4 Å². The van der Waals surface area contributed by atoms with E-state index in [0.29, 0.717) is 17.0 Å². The Kier molecular flexibility index (Phi) is 5.31. The second-order valence-corrected chi connectivity index (χ2v) is 7.51. The van der Waals surface area contributed by atoms with Gasteiger partial charge in [-0.05, 0) is 34.5 Å². The molecule has 1 aromatic carbocycles. The monoisotopic (exact) mass is 460 g/mol. The highest BCUT2D eigenvalue weighted by Gasteiger charge is 2.47. The third-order valence-corrected chi connectivity index (χ3v) is 5.66. The van der Waals surface area contributed by atoms with Crippen molar-refractivity contribution >= 4 is 33.2 Å². The van der Waals surface area contributed by atoms with Crippen molar-refractivity contribution in [1.29, 1.82) is 0 Å². The Labute approximate surface area is 176 Å². The first-order valence-corrected chi connectivity index (χ1v) is 9.91. The summed E-state index contributed by atoms with van der Waals surface area (Å²) in [5.41, 5.74) is 1.80. The molecule has 1 saturated carbocycles. The summed E-state index contributed by atoms with van der Waals surface area (Å²) in [6, 6.07) is 5.69. The molecule has 0 radical (unpaired) electrons. The normalized spacial score (nSPS) is 17.8. The van der Waals surface area contributed by atoms with Crippen LogP contribution in [0, 0.1) is 5.92 Å². The molecule has 9 heteroatoms. The quantitative estimate of drug-likeness (QED) is 0.540. The average Bonchev–Trinajstić information content (AvgIpc) is 3.48. The number of ether oxygens (including phenoxy) is 3. The van der Waals surface area contributed by atoms with Gasteiger partial charge in [0.25, 0.3) is 0 Å². The largest absolute Gasteiger partial charge is 0.497 e. The minimum Gasteiger partial charge on any atom is -0.497 e. The fourth-order valence-corrected chi connectivity index (χ4v) is 4.04. The molecule has 0 aliphatic heterocycles. The van der Waals surface area contributed by atoms with E-state index < -0.39 is 0 Å². The number of anilines is 1. The summed E-state index contributed by atoms with van der Waals surface area (Å²) in [6.07, 6.45) is 4.31. The van der Waals surface area contributed by atoms with E-state index >= 15 is 0 Å². The van der Waals surface area contributed by atoms with E-state index in [0.717, 1.165) is 34.8 Å². The second-order valence-electron chi connectivity index (χ2n) is 6.76. The summed E-state index contributed by atoms with van der Waals surface area (Å²) in [5, 5.41) is 3.36. The van der Waals surface area contributed by atoms with E-state index in [2.05, 4.69) is 31.2 Å². The van der Waals surface area contributed by atoms with E-state index in [1.165, 1.54) is 7.11 Å². The number of nitrogens with one attached hydrogen (secondary N) is 1. The topological polar surface area (TPSA) is 87.0 Å². The summed E-state index contributed by atoms with van der Waals surface area (Å²) < 4.78 is 18.2. The molecule has 0 spiro atoms. The number of aromatic nitrogens is 3. The van der Waals surface area contributed by atoms with Gasteiger partial charge in [0, 0.05) is 36.5 Å². The first-order chi connectivity index (χ1) is 14.1. The molecule has 1 fully saturated rings. The van der Waals surface area contributed by atoms with Gasteiger partial charge in [0.1, 0.15) is 27.4 Å². The fourth-order valence-electron chi connectivity index (χ4n) is 3.48. The Morgan fingerprint density at radius 3 is 2.86 bits per heavy atom. The van der Waals surface area contributed by atoms with Crippen LogP contribution < -0.4 is 14.8 Å². The molecule has 1 aliphatic carbocycles. The zero-order chi connectivity index (χ0) is 20.5. The molecule has 1 aliphatic rings. The average molecular weight is 461 g/mol. The number of benzene rings is 1. The number of carbonyl (C=O) groups excluding carboxylic acids is 1. The number of esters is 1. The lowest BCUT2D eigenvalue weighted by Crippen LogP contribution is -2.07. The van der Waals surface area contributed by atoms with E-state index in [-0.39, 0.29) is 17.8 Å². The molecule has 2 unspecified atom stereocenters. The Hall–Kier alpha value is -2.81. The Bertz CT molecular complexity index is 1070. The number of imidazole rings is 1. The summed E-state index contributed by atoms with van der Waals surface area (Å²) in [4.78, 5) is 20.9. The van der Waals surface area contributed by atoms with Gasteiger partial charge in [-0.3, -0.25) is 9.20 Å². The highest BCUT2D eigenvalue weighted by molar-refractivity contribution is 9.10. The van der Waals surface area contributed by atoms with E-state index in [9.17, 15) is 4.79 Å². The van der Waals surface area contributed by atoms with Crippen molar-refractivity contribution in [2.24, 2.45) is 5.92 Å². The van der Waals surface area contributed by atoms with Crippen LogP contribution in [0.2, 0.25) is 0 Å². The van der Waals surface area contributed by atoms with Crippen LogP contribution in [0.3, 0.4) is 0 Å². The van der Waals surface area contributed by atoms with Gasteiger partial charge >= 0.3 is 5.97 Å². The van der Waals surface area contributed by atoms with Crippen LogP contribution in [0.4, 0.5) is 5.82 Å². The van der Waals surface area contributed by atoms with Gasteiger partial charge in [-0.2, -0.15) is 0 Å². The summed E-state index contributed by atoms with van der Waals surface area (Å²) in [5.74, 6) is 2.71. The zero-order valence-corrected chi connectivity index (χ0v) is 17.9. The SMILES string of the molecule is COC(=O)C1CC1c1nc(Br)c2c(NCc3ccc(OC)cc3OC)nccn12. The molecule has 0 bridgehead atoms. The number of nitrogens with zero attached hydrogens (tertiary/aromatic N) is 3. The maximum atomic E-state index is 11.8. The van der Waals surface area contributed by atoms with Crippen molar-refractivity contribution in [1.82, 2.24) is 14.4 Å². The highest BCUT2D eigenvalue weighted by Crippen LogP contribution is 2.48. The van der Waals surface area contributed by atoms with Crippen LogP contribution in [0.5, 0.6) is 11.5 Å². The molecular weight excluding hydrogens is 440 g/mol. The molecule has 8 nitrogen and oxygen atoms in total. The molecular formula is C20H21BrN4O4. The van der Waals surface area contributed by atoms with Crippen molar-refractivity contribution in [3.63, 3.8) is 0 Å². The maximum absolute atomic E-state index is 11.8. The molecule has 4 rings (SSSR count). The standard InChI is InChI=1S/C20H21BrN4O4/c1-27-12-5-4-11(15(8-12)28-2)10-23-18-16-17(21)24-19(25(16)7-6-22-18)13-9-14(13)20(26)29-3/h4-8,13-14H,9-10H2,1-3H3,(H,22,23). The van der Waals surface area contributed by atoms with E-state index in [4.69, 9.17) is 14.2 Å². The molecule has 3 aromatic rings. The number of hydrogen-bond donors (Lipinski definition) is 1. The molecule has 152 valence electrons. The summed E-state index contributed by atoms with van der Waals surface area (Å²) >= 11 is 3.54. The number of halogens is 1. The molecule has 0 amide bonds. The van der Waals surface area contributed by atoms with Gasteiger partial charge in [-0.1, -0.05) is 0 Å². The Morgan fingerprint density at radius 1 is 1.31 bits per heavy atom. The lowest BCUT2D eigenvalue weighted by atomic mass is 10.2. The number of methoxy groups -OCH3 is 3. The van der Waals surface area contributed by atoms with Crippen molar-refractivity contribution in [2.45, 2.75) is 18.9 Å². The maximum Gasteiger partial charge on any atom is 0.309 e. The highest BCUT2D eigenvalue weighted by atomic mass is 79.9. The number of hydrogen-bond acceptors (Lipinski definition) is 7. The van der Waals surface area contributed by atoms with Gasteiger partial charge < -0.3 is 19.5 Å². The van der Waals surface area contributed by atoms with E-state index in [1.807, 2.05) is 28.8 Å². The van der Waals surface area contributed by atoms with Crippen LogP contribution in [0.25, 0.3) is 5.52 Å². The van der Waals surface area contributed by atoms with Gasteiger partial charge in [0.05, 0.1) is 27.2 Å². The van der Waals surface area contributed by atoms with Gasteiger partial charge in [0.2, 0.25) is 0 Å². The van der Waals surface area contributed by atoms with Gasteiger partial charge in [-0.15, -0.1) is 0 Å². The minimum atomic E-state index is -0.193. The zero-order valence-electron chi connectivity index (χ0n) is 16.3. The molecule has 0 saturated heterocycles. The first-order valence-electron chi connectivity index (χ1n) is 9.12. The van der Waals surface area contributed by atoms with Crippen molar-refractivity contribution in [3.05, 3.63) is 46.6 Å². The molecule has 2 aromatic heterocycles. The van der Waals surface area contributed by atoms with Crippen LogP contribution in [-0.2, 0) is 16.1 Å². The van der Waals surface area contributed by atoms with Crippen LogP contribution >= 0.6 is 15.9 Å². The summed E-state index contributed by atoms with van der Waals surface area (Å²) in [7, 11) is 4.66. The smallest absolute Gasteiger partial charge is 0.309 e. The fraction of sp³-hybridized carbons (Fsp3) is 0.350. The molecule has 1 N–H and O–H groups in total. The van der Waals surface area contributed by atoms with Crippen molar-refractivity contribution in [3.8, 4) is 11.5 Å². The van der Waals surface area contributed by atoms with Gasteiger partial charge in [0.15, 0.2) is 5.82 Å².